The first-order valence-electron chi connectivity index (χ1n) is 9.06. The Hall–Kier alpha value is -3.00. The van der Waals surface area contributed by atoms with Crippen molar-refractivity contribution < 1.29 is 14.3 Å². The smallest absolute Gasteiger partial charge is 0.342 e. The van der Waals surface area contributed by atoms with Gasteiger partial charge >= 0.3 is 5.97 Å². The summed E-state index contributed by atoms with van der Waals surface area (Å²) < 4.78 is 5.84. The molecule has 0 saturated heterocycles. The fourth-order valence-electron chi connectivity index (χ4n) is 2.83. The van der Waals surface area contributed by atoms with Gasteiger partial charge in [0.1, 0.15) is 16.4 Å². The van der Waals surface area contributed by atoms with Crippen molar-refractivity contribution in [3.05, 3.63) is 80.9 Å². The lowest BCUT2D eigenvalue weighted by atomic mass is 10.1. The molecule has 4 rings (SSSR count). The van der Waals surface area contributed by atoms with E-state index in [-0.39, 0.29) is 10.1 Å². The Morgan fingerprint density at radius 2 is 1.84 bits per heavy atom. The second-order valence-corrected chi connectivity index (χ2v) is 8.43. The third-order valence-electron chi connectivity index (χ3n) is 4.36. The number of thioether (sulfide) groups is 1. The summed E-state index contributed by atoms with van der Waals surface area (Å²) in [5.74, 6) is 0.400. The molecule has 2 aromatic carbocycles. The lowest BCUT2D eigenvalue weighted by molar-refractivity contribution is -0.131. The summed E-state index contributed by atoms with van der Waals surface area (Å²) in [6.45, 7) is 1.95. The molecule has 0 unspecified atom stereocenters. The predicted octanol–water partition coefficient (Wildman–Crippen LogP) is 6.56. The maximum atomic E-state index is 11.8. The zero-order chi connectivity index (χ0) is 22.0. The maximum Gasteiger partial charge on any atom is 0.342 e. The summed E-state index contributed by atoms with van der Waals surface area (Å²) in [6.07, 6.45) is 1.44. The van der Waals surface area contributed by atoms with Crippen LogP contribution in [0.25, 0.3) is 28.8 Å². The number of aromatic nitrogens is 3. The number of benzene rings is 2. The van der Waals surface area contributed by atoms with Gasteiger partial charge in [-0.1, -0.05) is 29.3 Å². The molecule has 6 nitrogen and oxygen atoms in total. The highest BCUT2D eigenvalue weighted by Crippen LogP contribution is 2.31. The minimum absolute atomic E-state index is 0.0189. The van der Waals surface area contributed by atoms with Gasteiger partial charge in [0.15, 0.2) is 5.82 Å². The number of hydrogen-bond donors (Lipinski definition) is 2. The van der Waals surface area contributed by atoms with Gasteiger partial charge in [-0.3, -0.25) is 5.10 Å². The molecule has 0 amide bonds. The molecular formula is C22H15Cl2N3O3S. The first kappa shape index (κ1) is 21.2. The van der Waals surface area contributed by atoms with Gasteiger partial charge in [0.05, 0.1) is 0 Å². The molecule has 2 heterocycles. The number of H-pyrrole nitrogens is 1. The van der Waals surface area contributed by atoms with Gasteiger partial charge in [-0.2, -0.15) is 0 Å². The minimum atomic E-state index is -1.11. The lowest BCUT2D eigenvalue weighted by Gasteiger charge is -2.03. The van der Waals surface area contributed by atoms with Crippen LogP contribution in [0.2, 0.25) is 10.0 Å². The molecule has 0 spiro atoms. The molecule has 0 bridgehead atoms. The molecule has 0 radical (unpaired) electrons. The summed E-state index contributed by atoms with van der Waals surface area (Å²) in [5.41, 5.74) is 2.63. The minimum Gasteiger partial charge on any atom is -0.477 e. The summed E-state index contributed by atoms with van der Waals surface area (Å²) in [4.78, 5) is 16.1. The number of carbonyl (C=O) groups is 1. The van der Waals surface area contributed by atoms with Crippen molar-refractivity contribution in [3.8, 4) is 22.7 Å². The SMILES string of the molecule is Cc1ccc(Cl)cc1-c1ccc(/C=C(\Sc2n[nH]c(-c3ccc(Cl)cc3)n2)C(=O)O)o1. The van der Waals surface area contributed by atoms with Gasteiger partial charge in [-0.15, -0.1) is 5.10 Å². The molecule has 9 heteroatoms. The van der Waals surface area contributed by atoms with Crippen molar-refractivity contribution >= 4 is 47.0 Å². The molecule has 0 aliphatic rings. The van der Waals surface area contributed by atoms with Gasteiger partial charge in [-0.05, 0) is 72.8 Å². The van der Waals surface area contributed by atoms with E-state index in [1.807, 2.05) is 19.1 Å². The van der Waals surface area contributed by atoms with Crippen LogP contribution in [0.1, 0.15) is 11.3 Å². The van der Waals surface area contributed by atoms with Crippen molar-refractivity contribution in [1.29, 1.82) is 0 Å². The number of aliphatic carboxylic acids is 1. The Labute approximate surface area is 191 Å². The maximum absolute atomic E-state index is 11.8. The molecule has 4 aromatic rings. The molecule has 0 atom stereocenters. The van der Waals surface area contributed by atoms with Crippen LogP contribution in [0.15, 0.2) is 69.1 Å². The Morgan fingerprint density at radius 3 is 2.58 bits per heavy atom. The largest absolute Gasteiger partial charge is 0.477 e. The third kappa shape index (κ3) is 5.02. The second-order valence-electron chi connectivity index (χ2n) is 6.55. The van der Waals surface area contributed by atoms with Crippen molar-refractivity contribution in [2.24, 2.45) is 0 Å². The monoisotopic (exact) mass is 471 g/mol. The van der Waals surface area contributed by atoms with Gasteiger partial charge in [0.25, 0.3) is 0 Å². The number of carboxylic acids is 1. The number of nitrogens with one attached hydrogen (secondary N) is 1. The van der Waals surface area contributed by atoms with Crippen LogP contribution in [0.5, 0.6) is 0 Å². The normalized spacial score (nSPS) is 11.6. The summed E-state index contributed by atoms with van der Waals surface area (Å²) in [7, 11) is 0. The zero-order valence-corrected chi connectivity index (χ0v) is 18.4. The molecule has 0 fully saturated rings. The molecular weight excluding hydrogens is 457 g/mol. The number of halogens is 2. The first-order chi connectivity index (χ1) is 14.9. The Balaban J connectivity index is 1.57. The van der Waals surface area contributed by atoms with E-state index in [1.165, 1.54) is 6.08 Å². The summed E-state index contributed by atoms with van der Waals surface area (Å²) >= 11 is 12.9. The molecule has 2 aromatic heterocycles. The van der Waals surface area contributed by atoms with Crippen molar-refractivity contribution in [2.45, 2.75) is 12.1 Å². The second kappa shape index (κ2) is 9.01. The highest BCUT2D eigenvalue weighted by atomic mass is 35.5. The van der Waals surface area contributed by atoms with E-state index in [2.05, 4.69) is 15.2 Å². The topological polar surface area (TPSA) is 92.0 Å². The number of aryl methyl sites for hydroxylation is 1. The summed E-state index contributed by atoms with van der Waals surface area (Å²) in [6, 6.07) is 16.1. The molecule has 156 valence electrons. The van der Waals surface area contributed by atoms with Crippen LogP contribution in [-0.2, 0) is 4.79 Å². The van der Waals surface area contributed by atoms with Crippen LogP contribution in [0, 0.1) is 6.92 Å². The number of furan rings is 1. The van der Waals surface area contributed by atoms with E-state index < -0.39 is 5.97 Å². The van der Waals surface area contributed by atoms with Crippen LogP contribution in [-0.4, -0.2) is 26.3 Å². The lowest BCUT2D eigenvalue weighted by Crippen LogP contribution is -1.97. The Morgan fingerprint density at radius 1 is 1.10 bits per heavy atom. The molecule has 0 aliphatic heterocycles. The van der Waals surface area contributed by atoms with Crippen molar-refractivity contribution in [1.82, 2.24) is 15.2 Å². The number of hydrogen-bond acceptors (Lipinski definition) is 5. The average Bonchev–Trinajstić information content (AvgIpc) is 3.40. The van der Waals surface area contributed by atoms with Crippen LogP contribution < -0.4 is 0 Å². The number of aromatic amines is 1. The van der Waals surface area contributed by atoms with E-state index in [0.29, 0.717) is 27.4 Å². The first-order valence-corrected chi connectivity index (χ1v) is 10.6. The van der Waals surface area contributed by atoms with E-state index in [1.54, 1.807) is 42.5 Å². The Kier molecular flexibility index (Phi) is 6.18. The van der Waals surface area contributed by atoms with E-state index in [9.17, 15) is 9.90 Å². The van der Waals surface area contributed by atoms with E-state index in [0.717, 1.165) is 28.5 Å². The van der Waals surface area contributed by atoms with Gasteiger partial charge in [0.2, 0.25) is 5.16 Å². The van der Waals surface area contributed by atoms with Crippen molar-refractivity contribution in [2.75, 3.05) is 0 Å². The van der Waals surface area contributed by atoms with Gasteiger partial charge in [0, 0.05) is 27.2 Å². The number of rotatable bonds is 6. The highest BCUT2D eigenvalue weighted by molar-refractivity contribution is 8.04. The third-order valence-corrected chi connectivity index (χ3v) is 5.72. The Bertz CT molecular complexity index is 1280. The molecule has 2 N–H and O–H groups in total. The number of nitrogens with zero attached hydrogens (tertiary/aromatic N) is 2. The van der Waals surface area contributed by atoms with E-state index >= 15 is 0 Å². The standard InChI is InChI=1S/C22H15Cl2N3O3S/c1-12-2-5-15(24)10-17(12)18-9-8-16(30-18)11-19(21(28)29)31-22-25-20(26-27-22)13-3-6-14(23)7-4-13/h2-11H,1H3,(H,28,29)(H,25,26,27)/b19-11-. The number of carboxylic acid groups (broad SMARTS) is 1. The van der Waals surface area contributed by atoms with Crippen molar-refractivity contribution in [3.63, 3.8) is 0 Å². The van der Waals surface area contributed by atoms with Gasteiger partial charge < -0.3 is 9.52 Å². The van der Waals surface area contributed by atoms with E-state index in [4.69, 9.17) is 27.6 Å². The average molecular weight is 472 g/mol. The summed E-state index contributed by atoms with van der Waals surface area (Å²) in [5, 5.41) is 18.0. The molecule has 0 saturated carbocycles. The highest BCUT2D eigenvalue weighted by Gasteiger charge is 2.16. The molecule has 0 aliphatic carbocycles. The fraction of sp³-hybridized carbons (Fsp3) is 0.0455. The molecule has 31 heavy (non-hydrogen) atoms. The quantitative estimate of drug-likeness (QED) is 0.244. The van der Waals surface area contributed by atoms with Crippen LogP contribution >= 0.6 is 35.0 Å². The predicted molar refractivity (Wildman–Crippen MR) is 122 cm³/mol. The zero-order valence-electron chi connectivity index (χ0n) is 16.1. The van der Waals surface area contributed by atoms with Gasteiger partial charge in [-0.25, -0.2) is 9.78 Å². The fourth-order valence-corrected chi connectivity index (χ4v) is 3.81. The van der Waals surface area contributed by atoms with Crippen LogP contribution in [0.4, 0.5) is 0 Å². The van der Waals surface area contributed by atoms with Crippen LogP contribution in [0.3, 0.4) is 0 Å².